The maximum atomic E-state index is 11.8. The van der Waals surface area contributed by atoms with Crippen molar-refractivity contribution in [2.75, 3.05) is 19.9 Å². The second-order valence-electron chi connectivity index (χ2n) is 5.60. The Labute approximate surface area is 146 Å². The Morgan fingerprint density at radius 1 is 1.32 bits per heavy atom. The zero-order chi connectivity index (χ0) is 18.2. The van der Waals surface area contributed by atoms with Crippen LogP contribution in [0.15, 0.2) is 23.4 Å². The quantitative estimate of drug-likeness (QED) is 0.543. The van der Waals surface area contributed by atoms with Gasteiger partial charge in [-0.15, -0.1) is 0 Å². The van der Waals surface area contributed by atoms with Gasteiger partial charge in [0.05, 0.1) is 5.71 Å². The largest absolute Gasteiger partial charge is 0.454 e. The number of hydrogen-bond donors (Lipinski definition) is 2. The van der Waals surface area contributed by atoms with Crippen LogP contribution in [0.4, 0.5) is 0 Å². The third-order valence-electron chi connectivity index (χ3n) is 3.51. The summed E-state index contributed by atoms with van der Waals surface area (Å²) in [5.74, 6) is 0.695. The molecule has 0 unspecified atom stereocenters. The van der Waals surface area contributed by atoms with Gasteiger partial charge in [-0.3, -0.25) is 9.59 Å². The number of carbonyl (C=O) groups excluding carboxylic acids is 2. The molecule has 1 heterocycles. The van der Waals surface area contributed by atoms with Crippen LogP contribution in [0.25, 0.3) is 0 Å². The molecule has 0 spiro atoms. The van der Waals surface area contributed by atoms with Crippen molar-refractivity contribution in [3.05, 3.63) is 23.8 Å². The van der Waals surface area contributed by atoms with E-state index in [1.54, 1.807) is 26.0 Å². The Balaban J connectivity index is 1.79. The lowest BCUT2D eigenvalue weighted by molar-refractivity contribution is -0.131. The predicted octanol–water partition coefficient (Wildman–Crippen LogP) is 1.19. The number of nitrogens with zero attached hydrogens (tertiary/aromatic N) is 1. The van der Waals surface area contributed by atoms with Crippen LogP contribution in [0.3, 0.4) is 0 Å². The predicted molar refractivity (Wildman–Crippen MR) is 91.6 cm³/mol. The van der Waals surface area contributed by atoms with Crippen LogP contribution in [0.5, 0.6) is 11.5 Å². The molecule has 2 amide bonds. The average molecular weight is 349 g/mol. The minimum Gasteiger partial charge on any atom is -0.454 e. The van der Waals surface area contributed by atoms with E-state index >= 15 is 0 Å². The zero-order valence-corrected chi connectivity index (χ0v) is 14.6. The van der Waals surface area contributed by atoms with Gasteiger partial charge in [-0.25, -0.2) is 0 Å². The van der Waals surface area contributed by atoms with Crippen LogP contribution in [-0.2, 0) is 14.4 Å². The second kappa shape index (κ2) is 8.91. The Bertz CT molecular complexity index is 660. The molecule has 0 radical (unpaired) electrons. The summed E-state index contributed by atoms with van der Waals surface area (Å²) in [6.07, 6.45) is 0.837. The Morgan fingerprint density at radius 2 is 2.08 bits per heavy atom. The SMILES string of the molecule is CCCNC(=O)[C@@H](C)NC(=O)CO/N=C(/C)c1ccc2c(c1)OCO2. The number of ether oxygens (including phenoxy) is 2. The molecule has 8 nitrogen and oxygen atoms in total. The van der Waals surface area contributed by atoms with Crippen LogP contribution in [0.1, 0.15) is 32.8 Å². The lowest BCUT2D eigenvalue weighted by atomic mass is 10.1. The minimum atomic E-state index is -0.624. The van der Waals surface area contributed by atoms with E-state index in [9.17, 15) is 9.59 Å². The number of benzene rings is 1. The van der Waals surface area contributed by atoms with Crippen molar-refractivity contribution in [2.45, 2.75) is 33.2 Å². The van der Waals surface area contributed by atoms with Crippen molar-refractivity contribution in [2.24, 2.45) is 5.16 Å². The van der Waals surface area contributed by atoms with Crippen LogP contribution < -0.4 is 20.1 Å². The summed E-state index contributed by atoms with van der Waals surface area (Å²) in [4.78, 5) is 28.5. The first-order valence-corrected chi connectivity index (χ1v) is 8.15. The highest BCUT2D eigenvalue weighted by atomic mass is 16.7. The topological polar surface area (TPSA) is 98.3 Å². The number of amides is 2. The molecule has 1 aliphatic heterocycles. The molecule has 0 saturated carbocycles. The number of nitrogens with one attached hydrogen (secondary N) is 2. The van der Waals surface area contributed by atoms with E-state index in [1.807, 2.05) is 13.0 Å². The molecule has 1 aromatic rings. The molecule has 0 aromatic heterocycles. The molecule has 0 saturated heterocycles. The molecule has 1 atom stereocenters. The molecule has 0 fully saturated rings. The van der Waals surface area contributed by atoms with Gasteiger partial charge in [0.2, 0.25) is 12.7 Å². The molecule has 136 valence electrons. The van der Waals surface area contributed by atoms with Gasteiger partial charge in [-0.05, 0) is 38.5 Å². The fourth-order valence-corrected chi connectivity index (χ4v) is 2.11. The van der Waals surface area contributed by atoms with Gasteiger partial charge in [0.1, 0.15) is 6.04 Å². The fraction of sp³-hybridized carbons (Fsp3) is 0.471. The monoisotopic (exact) mass is 349 g/mol. The Hall–Kier alpha value is -2.77. The average Bonchev–Trinajstić information content (AvgIpc) is 3.06. The molecular weight excluding hydrogens is 326 g/mol. The van der Waals surface area contributed by atoms with Gasteiger partial charge in [0.15, 0.2) is 18.1 Å². The molecule has 1 aliphatic rings. The number of fused-ring (bicyclic) bond motifs is 1. The lowest BCUT2D eigenvalue weighted by Crippen LogP contribution is -2.46. The highest BCUT2D eigenvalue weighted by Gasteiger charge is 2.16. The number of rotatable bonds is 8. The van der Waals surface area contributed by atoms with Crippen molar-refractivity contribution in [3.63, 3.8) is 0 Å². The van der Waals surface area contributed by atoms with Crippen LogP contribution >= 0.6 is 0 Å². The van der Waals surface area contributed by atoms with Crippen molar-refractivity contribution in [3.8, 4) is 11.5 Å². The molecule has 2 rings (SSSR count). The van der Waals surface area contributed by atoms with Crippen molar-refractivity contribution >= 4 is 17.5 Å². The lowest BCUT2D eigenvalue weighted by Gasteiger charge is -2.13. The first-order chi connectivity index (χ1) is 12.0. The summed E-state index contributed by atoms with van der Waals surface area (Å²) in [6.45, 7) is 5.84. The highest BCUT2D eigenvalue weighted by molar-refractivity contribution is 5.99. The highest BCUT2D eigenvalue weighted by Crippen LogP contribution is 2.32. The molecule has 0 bridgehead atoms. The number of carbonyl (C=O) groups is 2. The number of hydrogen-bond acceptors (Lipinski definition) is 6. The maximum absolute atomic E-state index is 11.8. The van der Waals surface area contributed by atoms with E-state index in [-0.39, 0.29) is 19.3 Å². The van der Waals surface area contributed by atoms with Crippen molar-refractivity contribution in [1.82, 2.24) is 10.6 Å². The summed E-state index contributed by atoms with van der Waals surface area (Å²) in [6, 6.07) is 4.79. The van der Waals surface area contributed by atoms with Crippen LogP contribution in [0, 0.1) is 0 Å². The number of oxime groups is 1. The smallest absolute Gasteiger partial charge is 0.261 e. The van der Waals surface area contributed by atoms with E-state index in [0.29, 0.717) is 23.8 Å². The van der Waals surface area contributed by atoms with E-state index in [2.05, 4.69) is 15.8 Å². The Morgan fingerprint density at radius 3 is 2.84 bits per heavy atom. The standard InChI is InChI=1S/C17H23N3O5/c1-4-7-18-17(22)12(3)19-16(21)9-25-20-11(2)13-5-6-14-15(8-13)24-10-23-14/h5-6,8,12H,4,7,9-10H2,1-3H3,(H,18,22)(H,19,21)/b20-11-/t12-/m1/s1. The third-order valence-corrected chi connectivity index (χ3v) is 3.51. The van der Waals surface area contributed by atoms with E-state index in [1.165, 1.54) is 0 Å². The summed E-state index contributed by atoms with van der Waals surface area (Å²) < 4.78 is 10.6. The molecule has 8 heteroatoms. The van der Waals surface area contributed by atoms with Crippen molar-refractivity contribution in [1.29, 1.82) is 0 Å². The molecule has 2 N–H and O–H groups in total. The van der Waals surface area contributed by atoms with E-state index in [0.717, 1.165) is 12.0 Å². The van der Waals surface area contributed by atoms with Gasteiger partial charge in [0.25, 0.3) is 5.91 Å². The zero-order valence-electron chi connectivity index (χ0n) is 14.6. The summed E-state index contributed by atoms with van der Waals surface area (Å²) >= 11 is 0. The summed E-state index contributed by atoms with van der Waals surface area (Å²) in [5.41, 5.74) is 1.40. The third kappa shape index (κ3) is 5.37. The first kappa shape index (κ1) is 18.6. The van der Waals surface area contributed by atoms with Gasteiger partial charge < -0.3 is 24.9 Å². The molecule has 25 heavy (non-hydrogen) atoms. The molecular formula is C17H23N3O5. The van der Waals surface area contributed by atoms with Crippen LogP contribution in [-0.4, -0.2) is 43.5 Å². The first-order valence-electron chi connectivity index (χ1n) is 8.15. The normalized spacial score (nSPS) is 14.0. The van der Waals surface area contributed by atoms with Crippen LogP contribution in [0.2, 0.25) is 0 Å². The summed E-state index contributed by atoms with van der Waals surface area (Å²) in [5, 5.41) is 9.18. The minimum absolute atomic E-state index is 0.204. The summed E-state index contributed by atoms with van der Waals surface area (Å²) in [7, 11) is 0. The van der Waals surface area contributed by atoms with Gasteiger partial charge in [0, 0.05) is 12.1 Å². The van der Waals surface area contributed by atoms with Crippen molar-refractivity contribution < 1.29 is 23.9 Å². The van der Waals surface area contributed by atoms with Gasteiger partial charge >= 0.3 is 0 Å². The maximum Gasteiger partial charge on any atom is 0.261 e. The van der Waals surface area contributed by atoms with Gasteiger partial charge in [-0.1, -0.05) is 12.1 Å². The Kier molecular flexibility index (Phi) is 6.62. The molecule has 0 aliphatic carbocycles. The van der Waals surface area contributed by atoms with E-state index in [4.69, 9.17) is 14.3 Å². The molecule has 1 aromatic carbocycles. The van der Waals surface area contributed by atoms with E-state index < -0.39 is 11.9 Å². The second-order valence-corrected chi connectivity index (χ2v) is 5.60. The fourth-order valence-electron chi connectivity index (χ4n) is 2.11. The van der Waals surface area contributed by atoms with Gasteiger partial charge in [-0.2, -0.15) is 0 Å².